The van der Waals surface area contributed by atoms with Gasteiger partial charge in [0, 0.05) is 43.3 Å². The Morgan fingerprint density at radius 1 is 1.00 bits per heavy atom. The molecule has 1 saturated carbocycles. The van der Waals surface area contributed by atoms with E-state index in [1.54, 1.807) is 33.4 Å². The number of hydrogen-bond acceptors (Lipinski definition) is 7. The van der Waals surface area contributed by atoms with Crippen LogP contribution >= 0.6 is 0 Å². The average molecular weight is 566 g/mol. The first-order chi connectivity index (χ1) is 19.9. The number of hydrogen-bond donors (Lipinski definition) is 0. The fraction of sp³-hybridized carbons (Fsp3) is 0.515. The average Bonchev–Trinajstić information content (AvgIpc) is 3.80. The normalized spacial score (nSPS) is 16.1. The van der Waals surface area contributed by atoms with Gasteiger partial charge in [-0.05, 0) is 74.3 Å². The van der Waals surface area contributed by atoms with Crippen LogP contribution in [0.5, 0.6) is 23.0 Å². The Hall–Kier alpha value is -3.68. The molecule has 1 heterocycles. The second-order valence-corrected chi connectivity index (χ2v) is 10.9. The maximum absolute atomic E-state index is 12.1. The van der Waals surface area contributed by atoms with E-state index in [2.05, 4.69) is 6.92 Å². The maximum Gasteiger partial charge on any atom is 0.347 e. The molecule has 0 radical (unpaired) electrons. The van der Waals surface area contributed by atoms with Gasteiger partial charge in [-0.2, -0.15) is 0 Å². The molecule has 1 amide bonds. The number of carbonyl (C=O) groups is 2. The van der Waals surface area contributed by atoms with Crippen LogP contribution in [0.4, 0.5) is 0 Å². The Kier molecular flexibility index (Phi) is 10.6. The van der Waals surface area contributed by atoms with Gasteiger partial charge in [0.25, 0.3) is 0 Å². The molecular formula is C33H43NO7. The summed E-state index contributed by atoms with van der Waals surface area (Å²) >= 11 is 0. The van der Waals surface area contributed by atoms with Crippen LogP contribution in [0.2, 0.25) is 0 Å². The lowest BCUT2D eigenvalue weighted by Gasteiger charge is -2.27. The van der Waals surface area contributed by atoms with Gasteiger partial charge in [-0.15, -0.1) is 0 Å². The molecule has 8 heteroatoms. The summed E-state index contributed by atoms with van der Waals surface area (Å²) in [7, 11) is 6.51. The summed E-state index contributed by atoms with van der Waals surface area (Å²) in [5, 5.41) is 0. The molecule has 8 nitrogen and oxygen atoms in total. The zero-order valence-corrected chi connectivity index (χ0v) is 25.0. The minimum atomic E-state index is -0.580. The van der Waals surface area contributed by atoms with Crippen molar-refractivity contribution < 1.29 is 33.3 Å². The number of nitrogens with zero attached hydrogens (tertiary/aromatic N) is 1. The number of amides is 1. The van der Waals surface area contributed by atoms with Crippen molar-refractivity contribution in [2.45, 2.75) is 64.4 Å². The molecule has 1 unspecified atom stereocenters. The smallest absolute Gasteiger partial charge is 0.347 e. The Balaban J connectivity index is 1.41. The number of fused-ring (bicyclic) bond motifs is 1. The molecule has 222 valence electrons. The van der Waals surface area contributed by atoms with Crippen LogP contribution in [0.25, 0.3) is 6.08 Å². The van der Waals surface area contributed by atoms with Crippen LogP contribution < -0.4 is 18.9 Å². The lowest BCUT2D eigenvalue weighted by atomic mass is 9.96. The van der Waals surface area contributed by atoms with Crippen molar-refractivity contribution in [1.82, 2.24) is 4.90 Å². The highest BCUT2D eigenvalue weighted by Gasteiger charge is 2.30. The molecule has 4 rings (SSSR count). The SMILES string of the molecule is CCCc1c(OCCCOc2ccc(C=CC(=O)N(C)C)c(OC)c2CC2CC2)ccc2c1OC(C(=O)OC)CC2. The van der Waals surface area contributed by atoms with E-state index >= 15 is 0 Å². The highest BCUT2D eigenvalue weighted by Crippen LogP contribution is 2.41. The van der Waals surface area contributed by atoms with Gasteiger partial charge < -0.3 is 28.6 Å². The van der Waals surface area contributed by atoms with E-state index in [9.17, 15) is 9.59 Å². The van der Waals surface area contributed by atoms with Gasteiger partial charge in [-0.1, -0.05) is 19.4 Å². The van der Waals surface area contributed by atoms with E-state index in [1.807, 2.05) is 24.3 Å². The van der Waals surface area contributed by atoms with Crippen molar-refractivity contribution in [3.05, 3.63) is 52.6 Å². The molecule has 0 saturated heterocycles. The molecule has 0 bridgehead atoms. The number of carbonyl (C=O) groups excluding carboxylic acids is 2. The minimum absolute atomic E-state index is 0.0769. The number of esters is 1. The highest BCUT2D eigenvalue weighted by atomic mass is 16.6. The molecule has 1 atom stereocenters. The van der Waals surface area contributed by atoms with Crippen LogP contribution in [-0.4, -0.2) is 64.4 Å². The van der Waals surface area contributed by atoms with Crippen LogP contribution in [0.1, 0.15) is 61.3 Å². The van der Waals surface area contributed by atoms with Crippen molar-refractivity contribution in [3.8, 4) is 23.0 Å². The molecule has 1 aliphatic carbocycles. The lowest BCUT2D eigenvalue weighted by molar-refractivity contribution is -0.149. The molecule has 0 spiro atoms. The number of methoxy groups -OCH3 is 2. The fourth-order valence-electron chi connectivity index (χ4n) is 5.08. The number of ether oxygens (including phenoxy) is 5. The molecular weight excluding hydrogens is 522 g/mol. The van der Waals surface area contributed by atoms with Crippen LogP contribution in [0.3, 0.4) is 0 Å². The third kappa shape index (κ3) is 7.75. The standard InChI is InChI=1S/C33H43NO7/c1-6-8-25-27(15-12-24-13-17-29(33(36)38-5)41-32(24)25)39-19-7-20-40-28-16-11-23(14-18-30(35)34(2)3)31(37-4)26(28)21-22-9-10-22/h11-12,14-16,18,22,29H,6-10,13,17,19-21H2,1-5H3. The Labute approximate surface area is 243 Å². The van der Waals surface area contributed by atoms with Gasteiger partial charge in [0.1, 0.15) is 23.0 Å². The number of likely N-dealkylation sites (N-methyl/N-ethyl adjacent to an activating group) is 1. The number of aryl methyl sites for hydroxylation is 1. The predicted octanol–water partition coefficient (Wildman–Crippen LogP) is 5.42. The van der Waals surface area contributed by atoms with Gasteiger partial charge in [0.05, 0.1) is 27.4 Å². The first kappa shape index (κ1) is 30.3. The van der Waals surface area contributed by atoms with Crippen molar-refractivity contribution in [2.75, 3.05) is 41.5 Å². The largest absolute Gasteiger partial charge is 0.496 e. The molecule has 2 aromatic carbocycles. The van der Waals surface area contributed by atoms with E-state index in [0.29, 0.717) is 32.0 Å². The summed E-state index contributed by atoms with van der Waals surface area (Å²) in [5.74, 6) is 3.34. The first-order valence-electron chi connectivity index (χ1n) is 14.6. The van der Waals surface area contributed by atoms with Gasteiger partial charge in [0.2, 0.25) is 5.91 Å². The topological polar surface area (TPSA) is 83.5 Å². The molecule has 2 aromatic rings. The molecule has 0 N–H and O–H groups in total. The third-order valence-electron chi connectivity index (χ3n) is 7.49. The minimum Gasteiger partial charge on any atom is -0.496 e. The quantitative estimate of drug-likeness (QED) is 0.172. The zero-order chi connectivity index (χ0) is 29.4. The van der Waals surface area contributed by atoms with Crippen molar-refractivity contribution in [2.24, 2.45) is 5.92 Å². The van der Waals surface area contributed by atoms with Crippen LogP contribution in [0, 0.1) is 5.92 Å². The maximum atomic E-state index is 12.1. The second-order valence-electron chi connectivity index (χ2n) is 10.9. The molecule has 0 aromatic heterocycles. The van der Waals surface area contributed by atoms with Gasteiger partial charge >= 0.3 is 5.97 Å². The summed E-state index contributed by atoms with van der Waals surface area (Å²) in [6, 6.07) is 7.95. The zero-order valence-electron chi connectivity index (χ0n) is 25.0. The van der Waals surface area contributed by atoms with Crippen LogP contribution in [-0.2, 0) is 33.6 Å². The summed E-state index contributed by atoms with van der Waals surface area (Å²) in [4.78, 5) is 25.7. The first-order valence-corrected chi connectivity index (χ1v) is 14.6. The molecule has 2 aliphatic rings. The van der Waals surface area contributed by atoms with Crippen molar-refractivity contribution in [3.63, 3.8) is 0 Å². The van der Waals surface area contributed by atoms with E-state index in [4.69, 9.17) is 23.7 Å². The van der Waals surface area contributed by atoms with E-state index in [-0.39, 0.29) is 11.9 Å². The van der Waals surface area contributed by atoms with Crippen LogP contribution in [0.15, 0.2) is 30.3 Å². The molecule has 1 fully saturated rings. The molecule has 1 aliphatic heterocycles. The third-order valence-corrected chi connectivity index (χ3v) is 7.49. The summed E-state index contributed by atoms with van der Waals surface area (Å²) < 4.78 is 29.3. The van der Waals surface area contributed by atoms with E-state index in [1.165, 1.54) is 24.9 Å². The van der Waals surface area contributed by atoms with Crippen molar-refractivity contribution in [1.29, 1.82) is 0 Å². The monoisotopic (exact) mass is 565 g/mol. The fourth-order valence-corrected chi connectivity index (χ4v) is 5.08. The lowest BCUT2D eigenvalue weighted by Crippen LogP contribution is -2.32. The predicted molar refractivity (Wildman–Crippen MR) is 158 cm³/mol. The van der Waals surface area contributed by atoms with Gasteiger partial charge in [-0.3, -0.25) is 4.79 Å². The summed E-state index contributed by atoms with van der Waals surface area (Å²) in [6.07, 6.45) is 9.90. The summed E-state index contributed by atoms with van der Waals surface area (Å²) in [6.45, 7) is 3.09. The van der Waals surface area contributed by atoms with Crippen molar-refractivity contribution >= 4 is 18.0 Å². The van der Waals surface area contributed by atoms with E-state index in [0.717, 1.165) is 70.9 Å². The van der Waals surface area contributed by atoms with Gasteiger partial charge in [0.15, 0.2) is 6.10 Å². The Bertz CT molecular complexity index is 1250. The Morgan fingerprint density at radius 3 is 2.34 bits per heavy atom. The number of rotatable bonds is 14. The van der Waals surface area contributed by atoms with Gasteiger partial charge in [-0.25, -0.2) is 4.79 Å². The van der Waals surface area contributed by atoms with E-state index < -0.39 is 6.10 Å². The highest BCUT2D eigenvalue weighted by molar-refractivity contribution is 5.92. The second kappa shape index (κ2) is 14.3. The Morgan fingerprint density at radius 2 is 1.71 bits per heavy atom. The number of benzene rings is 2. The summed E-state index contributed by atoms with van der Waals surface area (Å²) in [5.41, 5.74) is 4.02. The molecule has 41 heavy (non-hydrogen) atoms.